The normalized spacial score (nSPS) is 19.0. The lowest BCUT2D eigenvalue weighted by molar-refractivity contribution is -0.446. The SMILES string of the molecule is CC(F)(F)C(F)(F)COC(F)(C(F)C(F)(F)F)C(F)(C(F)(F)F)C(F)(F)F. The molecule has 0 spiro atoms. The summed E-state index contributed by atoms with van der Waals surface area (Å²) in [5, 5.41) is 0. The van der Waals surface area contributed by atoms with Crippen LogP contribution >= 0.6 is 0 Å². The van der Waals surface area contributed by atoms with Crippen LogP contribution < -0.4 is 0 Å². The van der Waals surface area contributed by atoms with Crippen LogP contribution in [0.25, 0.3) is 0 Å². The summed E-state index contributed by atoms with van der Waals surface area (Å²) < 4.78 is 205. The molecule has 0 saturated carbocycles. The summed E-state index contributed by atoms with van der Waals surface area (Å²) in [5.74, 6) is -18.6. The van der Waals surface area contributed by atoms with Crippen LogP contribution in [0.5, 0.6) is 0 Å². The molecular formula is C10H6F16O. The van der Waals surface area contributed by atoms with Gasteiger partial charge in [0.15, 0.2) is 0 Å². The molecule has 0 aliphatic carbocycles. The first-order valence-corrected chi connectivity index (χ1v) is 5.98. The number of ether oxygens (including phenoxy) is 1. The van der Waals surface area contributed by atoms with Crippen LogP contribution in [0.15, 0.2) is 0 Å². The highest BCUT2D eigenvalue weighted by atomic mass is 19.4. The molecule has 27 heavy (non-hydrogen) atoms. The van der Waals surface area contributed by atoms with Gasteiger partial charge in [-0.25, -0.2) is 22.0 Å². The largest absolute Gasteiger partial charge is 0.437 e. The molecule has 0 fully saturated rings. The third kappa shape index (κ3) is 4.47. The Morgan fingerprint density at radius 1 is 0.667 bits per heavy atom. The van der Waals surface area contributed by atoms with Crippen molar-refractivity contribution in [3.05, 3.63) is 0 Å². The number of hydrogen-bond donors (Lipinski definition) is 0. The van der Waals surface area contributed by atoms with Gasteiger partial charge in [0.05, 0.1) is 0 Å². The van der Waals surface area contributed by atoms with Crippen molar-refractivity contribution in [3.8, 4) is 0 Å². The summed E-state index contributed by atoms with van der Waals surface area (Å²) in [7, 11) is 0. The predicted molar refractivity (Wildman–Crippen MR) is 52.3 cm³/mol. The number of hydrogen-bond acceptors (Lipinski definition) is 1. The van der Waals surface area contributed by atoms with Gasteiger partial charge >= 0.3 is 41.9 Å². The van der Waals surface area contributed by atoms with Crippen LogP contribution in [0.3, 0.4) is 0 Å². The third-order valence-electron chi connectivity index (χ3n) is 2.97. The molecule has 0 aliphatic heterocycles. The van der Waals surface area contributed by atoms with Gasteiger partial charge in [-0.05, 0) is 0 Å². The van der Waals surface area contributed by atoms with Crippen molar-refractivity contribution in [1.29, 1.82) is 0 Å². The minimum absolute atomic E-state index is 0.733. The van der Waals surface area contributed by atoms with Gasteiger partial charge in [-0.15, -0.1) is 0 Å². The van der Waals surface area contributed by atoms with E-state index in [1.807, 2.05) is 0 Å². The van der Waals surface area contributed by atoms with Crippen LogP contribution in [0.2, 0.25) is 0 Å². The van der Waals surface area contributed by atoms with E-state index in [1.165, 1.54) is 0 Å². The number of rotatable bonds is 6. The average molecular weight is 446 g/mol. The Morgan fingerprint density at radius 2 is 1.00 bits per heavy atom. The average Bonchev–Trinajstić information content (AvgIpc) is 2.38. The Hall–Kier alpha value is -1.16. The molecule has 0 rings (SSSR count). The molecule has 0 radical (unpaired) electrons. The molecule has 17 heteroatoms. The lowest BCUT2D eigenvalue weighted by Gasteiger charge is -2.42. The fourth-order valence-electron chi connectivity index (χ4n) is 1.43. The Balaban J connectivity index is 6.57. The lowest BCUT2D eigenvalue weighted by atomic mass is 9.90. The minimum atomic E-state index is -7.86. The first kappa shape index (κ1) is 25.8. The molecule has 2 atom stereocenters. The smallest absolute Gasteiger partial charge is 0.334 e. The van der Waals surface area contributed by atoms with E-state index in [9.17, 15) is 70.2 Å². The molecule has 0 N–H and O–H groups in total. The highest BCUT2D eigenvalue weighted by molar-refractivity contribution is 5.11. The van der Waals surface area contributed by atoms with Gasteiger partial charge in [0.2, 0.25) is 0 Å². The van der Waals surface area contributed by atoms with E-state index in [4.69, 9.17) is 0 Å². The molecule has 0 aromatic heterocycles. The standard InChI is InChI=1S/C10H6F16O/c1-4(12,13)5(14,15)2-27-6(16,3(11)7(17,18)19)8(20,9(21,22)23)10(24,25)26/h3H,2H2,1H3. The summed E-state index contributed by atoms with van der Waals surface area (Å²) in [4.78, 5) is 0. The van der Waals surface area contributed by atoms with Crippen molar-refractivity contribution in [2.24, 2.45) is 0 Å². The van der Waals surface area contributed by atoms with E-state index in [2.05, 4.69) is 4.74 Å². The predicted octanol–water partition coefficient (Wildman–Crippen LogP) is 5.69. The van der Waals surface area contributed by atoms with Gasteiger partial charge < -0.3 is 4.74 Å². The van der Waals surface area contributed by atoms with Gasteiger partial charge in [0, 0.05) is 6.92 Å². The van der Waals surface area contributed by atoms with Crippen molar-refractivity contribution in [3.63, 3.8) is 0 Å². The van der Waals surface area contributed by atoms with E-state index in [0.717, 1.165) is 0 Å². The van der Waals surface area contributed by atoms with Gasteiger partial charge in [-0.2, -0.15) is 48.3 Å². The maximum atomic E-state index is 13.9. The summed E-state index contributed by atoms with van der Waals surface area (Å²) in [5.41, 5.74) is -7.86. The van der Waals surface area contributed by atoms with Crippen molar-refractivity contribution in [2.75, 3.05) is 6.61 Å². The molecule has 0 amide bonds. The summed E-state index contributed by atoms with van der Waals surface area (Å²) >= 11 is 0. The van der Waals surface area contributed by atoms with Crippen molar-refractivity contribution < 1.29 is 75.0 Å². The van der Waals surface area contributed by atoms with Gasteiger partial charge in [-0.3, -0.25) is 0 Å². The summed E-state index contributed by atoms with van der Waals surface area (Å²) in [6.07, 6.45) is -28.7. The molecule has 0 aromatic carbocycles. The van der Waals surface area contributed by atoms with E-state index >= 15 is 0 Å². The Labute approximate surface area is 138 Å². The molecule has 164 valence electrons. The number of alkyl halides is 16. The Morgan fingerprint density at radius 3 is 1.22 bits per heavy atom. The summed E-state index contributed by atoms with van der Waals surface area (Å²) in [6, 6.07) is 0. The fraction of sp³-hybridized carbons (Fsp3) is 1.00. The van der Waals surface area contributed by atoms with Crippen LogP contribution in [-0.2, 0) is 4.74 Å². The van der Waals surface area contributed by atoms with Crippen LogP contribution in [0.4, 0.5) is 70.2 Å². The third-order valence-corrected chi connectivity index (χ3v) is 2.97. The zero-order valence-corrected chi connectivity index (χ0v) is 12.2. The van der Waals surface area contributed by atoms with Crippen LogP contribution in [0.1, 0.15) is 6.92 Å². The maximum absolute atomic E-state index is 13.9. The minimum Gasteiger partial charge on any atom is -0.334 e. The number of halogens is 16. The first-order chi connectivity index (χ1) is 11.4. The molecule has 1 nitrogen and oxygen atoms in total. The zero-order chi connectivity index (χ0) is 22.5. The molecule has 0 saturated heterocycles. The maximum Gasteiger partial charge on any atom is 0.437 e. The molecule has 0 aliphatic rings. The lowest BCUT2D eigenvalue weighted by Crippen LogP contribution is -2.72. The second-order valence-corrected chi connectivity index (χ2v) is 5.08. The van der Waals surface area contributed by atoms with Crippen molar-refractivity contribution in [2.45, 2.75) is 55.0 Å². The Bertz CT molecular complexity index is 495. The topological polar surface area (TPSA) is 9.23 Å². The van der Waals surface area contributed by atoms with E-state index in [-0.39, 0.29) is 0 Å². The molecular weight excluding hydrogens is 440 g/mol. The van der Waals surface area contributed by atoms with Gasteiger partial charge in [0.25, 0.3) is 6.17 Å². The molecule has 0 aromatic rings. The molecule has 0 bridgehead atoms. The zero-order valence-electron chi connectivity index (χ0n) is 12.2. The van der Waals surface area contributed by atoms with Crippen LogP contribution in [0, 0.1) is 0 Å². The van der Waals surface area contributed by atoms with E-state index in [1.54, 1.807) is 0 Å². The summed E-state index contributed by atoms with van der Waals surface area (Å²) in [6.45, 7) is -4.40. The highest BCUT2D eigenvalue weighted by Gasteiger charge is 2.88. The van der Waals surface area contributed by atoms with Gasteiger partial charge in [-0.1, -0.05) is 0 Å². The fourth-order valence-corrected chi connectivity index (χ4v) is 1.43. The monoisotopic (exact) mass is 446 g/mol. The van der Waals surface area contributed by atoms with Gasteiger partial charge in [0.1, 0.15) is 6.61 Å². The molecule has 2 unspecified atom stereocenters. The van der Waals surface area contributed by atoms with E-state index < -0.39 is 61.6 Å². The van der Waals surface area contributed by atoms with Crippen LogP contribution in [-0.4, -0.2) is 54.7 Å². The first-order valence-electron chi connectivity index (χ1n) is 5.98. The second kappa shape index (κ2) is 6.72. The van der Waals surface area contributed by atoms with Crippen molar-refractivity contribution in [1.82, 2.24) is 0 Å². The second-order valence-electron chi connectivity index (χ2n) is 5.08. The van der Waals surface area contributed by atoms with Crippen molar-refractivity contribution >= 4 is 0 Å². The van der Waals surface area contributed by atoms with E-state index in [0.29, 0.717) is 0 Å². The quantitative estimate of drug-likeness (QED) is 0.477. The Kier molecular flexibility index (Phi) is 6.43. The molecule has 0 heterocycles. The highest BCUT2D eigenvalue weighted by Crippen LogP contribution is 2.58.